The van der Waals surface area contributed by atoms with E-state index in [0.717, 1.165) is 17.7 Å². The van der Waals surface area contributed by atoms with Gasteiger partial charge in [0, 0.05) is 11.7 Å². The van der Waals surface area contributed by atoms with Crippen LogP contribution in [0.4, 0.5) is 5.69 Å². The highest BCUT2D eigenvalue weighted by molar-refractivity contribution is 5.99. The molecule has 1 atom stereocenters. The summed E-state index contributed by atoms with van der Waals surface area (Å²) >= 11 is 0. The Balaban J connectivity index is 1.61. The summed E-state index contributed by atoms with van der Waals surface area (Å²) in [5, 5.41) is 0. The number of hydrogen-bond donors (Lipinski definition) is 0. The molecular formula is C20H21NO4. The van der Waals surface area contributed by atoms with E-state index in [1.165, 1.54) is 0 Å². The van der Waals surface area contributed by atoms with Crippen LogP contribution in [0.15, 0.2) is 48.5 Å². The van der Waals surface area contributed by atoms with E-state index in [2.05, 4.69) is 0 Å². The summed E-state index contributed by atoms with van der Waals surface area (Å²) in [5.41, 5.74) is 2.43. The van der Waals surface area contributed by atoms with Crippen molar-refractivity contribution in [3.63, 3.8) is 0 Å². The maximum Gasteiger partial charge on any atom is 0.338 e. The molecule has 1 amide bonds. The van der Waals surface area contributed by atoms with Gasteiger partial charge in [-0.1, -0.05) is 18.2 Å². The molecule has 25 heavy (non-hydrogen) atoms. The molecule has 1 unspecified atom stereocenters. The Morgan fingerprint density at radius 2 is 1.84 bits per heavy atom. The van der Waals surface area contributed by atoms with Crippen LogP contribution in [0.2, 0.25) is 0 Å². The number of benzene rings is 2. The molecule has 130 valence electrons. The first-order chi connectivity index (χ1) is 12.1. The molecular weight excluding hydrogens is 318 g/mol. The van der Waals surface area contributed by atoms with Crippen molar-refractivity contribution in [2.75, 3.05) is 18.1 Å². The molecule has 1 aliphatic rings. The second-order valence-electron chi connectivity index (χ2n) is 5.98. The molecule has 0 aliphatic carbocycles. The number of ether oxygens (including phenoxy) is 2. The number of anilines is 1. The van der Waals surface area contributed by atoms with Gasteiger partial charge in [-0.05, 0) is 56.2 Å². The first-order valence-corrected chi connectivity index (χ1v) is 8.40. The molecule has 1 heterocycles. The Labute approximate surface area is 147 Å². The van der Waals surface area contributed by atoms with Gasteiger partial charge in [0.1, 0.15) is 5.75 Å². The maximum absolute atomic E-state index is 12.5. The van der Waals surface area contributed by atoms with Crippen LogP contribution in [-0.2, 0) is 16.0 Å². The highest BCUT2D eigenvalue weighted by atomic mass is 16.5. The number of carbonyl (C=O) groups excluding carboxylic acids is 2. The van der Waals surface area contributed by atoms with Crippen LogP contribution in [0, 0.1) is 0 Å². The molecule has 5 nitrogen and oxygen atoms in total. The summed E-state index contributed by atoms with van der Waals surface area (Å²) in [6, 6.07) is 14.6. The van der Waals surface area contributed by atoms with Crippen LogP contribution < -0.4 is 9.64 Å². The SMILES string of the molecule is CCOc1ccc(C(=O)OCC(=O)N2c3ccccc3CC2C)cc1. The van der Waals surface area contributed by atoms with Crippen LogP contribution in [0.5, 0.6) is 5.75 Å². The molecule has 0 spiro atoms. The number of para-hydroxylation sites is 1. The highest BCUT2D eigenvalue weighted by Gasteiger charge is 2.30. The summed E-state index contributed by atoms with van der Waals surface area (Å²) in [6.45, 7) is 4.18. The number of amides is 1. The van der Waals surface area contributed by atoms with Gasteiger partial charge in [0.05, 0.1) is 12.2 Å². The normalized spacial score (nSPS) is 15.6. The van der Waals surface area contributed by atoms with E-state index in [-0.39, 0.29) is 18.6 Å². The van der Waals surface area contributed by atoms with Gasteiger partial charge in [0.25, 0.3) is 5.91 Å². The van der Waals surface area contributed by atoms with E-state index in [1.54, 1.807) is 29.2 Å². The Morgan fingerprint density at radius 3 is 2.56 bits per heavy atom. The van der Waals surface area contributed by atoms with E-state index >= 15 is 0 Å². The molecule has 0 fully saturated rings. The summed E-state index contributed by atoms with van der Waals surface area (Å²) in [4.78, 5) is 26.4. The van der Waals surface area contributed by atoms with Crippen molar-refractivity contribution < 1.29 is 19.1 Å². The first kappa shape index (κ1) is 17.0. The first-order valence-electron chi connectivity index (χ1n) is 8.40. The zero-order valence-corrected chi connectivity index (χ0v) is 14.4. The van der Waals surface area contributed by atoms with Gasteiger partial charge in [-0.25, -0.2) is 4.79 Å². The quantitative estimate of drug-likeness (QED) is 0.785. The van der Waals surface area contributed by atoms with Crippen molar-refractivity contribution in [3.05, 3.63) is 59.7 Å². The van der Waals surface area contributed by atoms with Gasteiger partial charge >= 0.3 is 5.97 Å². The Hall–Kier alpha value is -2.82. The van der Waals surface area contributed by atoms with Crippen molar-refractivity contribution in [1.82, 2.24) is 0 Å². The van der Waals surface area contributed by atoms with E-state index < -0.39 is 5.97 Å². The zero-order valence-electron chi connectivity index (χ0n) is 14.4. The van der Waals surface area contributed by atoms with Gasteiger partial charge in [-0.15, -0.1) is 0 Å². The predicted molar refractivity (Wildman–Crippen MR) is 95.0 cm³/mol. The molecule has 5 heteroatoms. The smallest absolute Gasteiger partial charge is 0.338 e. The fourth-order valence-corrected chi connectivity index (χ4v) is 3.08. The number of rotatable bonds is 5. The average molecular weight is 339 g/mol. The van der Waals surface area contributed by atoms with Crippen LogP contribution in [0.3, 0.4) is 0 Å². The van der Waals surface area contributed by atoms with E-state index in [9.17, 15) is 9.59 Å². The van der Waals surface area contributed by atoms with Crippen LogP contribution >= 0.6 is 0 Å². The largest absolute Gasteiger partial charge is 0.494 e. The molecule has 0 saturated heterocycles. The van der Waals surface area contributed by atoms with Crippen molar-refractivity contribution in [3.8, 4) is 5.75 Å². The van der Waals surface area contributed by atoms with Crippen LogP contribution in [-0.4, -0.2) is 31.1 Å². The topological polar surface area (TPSA) is 55.8 Å². The van der Waals surface area contributed by atoms with Gasteiger partial charge in [-0.2, -0.15) is 0 Å². The van der Waals surface area contributed by atoms with Gasteiger partial charge < -0.3 is 14.4 Å². The molecule has 3 rings (SSSR count). The fraction of sp³-hybridized carbons (Fsp3) is 0.300. The lowest BCUT2D eigenvalue weighted by molar-refractivity contribution is -0.122. The minimum Gasteiger partial charge on any atom is -0.494 e. The third-order valence-corrected chi connectivity index (χ3v) is 4.20. The van der Waals surface area contributed by atoms with Crippen LogP contribution in [0.1, 0.15) is 29.8 Å². The maximum atomic E-state index is 12.5. The van der Waals surface area contributed by atoms with Crippen molar-refractivity contribution in [1.29, 1.82) is 0 Å². The van der Waals surface area contributed by atoms with E-state index in [0.29, 0.717) is 17.9 Å². The predicted octanol–water partition coefficient (Wildman–Crippen LogP) is 3.22. The lowest BCUT2D eigenvalue weighted by Crippen LogP contribution is -2.38. The molecule has 2 aromatic carbocycles. The lowest BCUT2D eigenvalue weighted by Gasteiger charge is -2.22. The molecule has 0 aromatic heterocycles. The molecule has 0 N–H and O–H groups in total. The van der Waals surface area contributed by atoms with Gasteiger partial charge in [0.2, 0.25) is 0 Å². The van der Waals surface area contributed by atoms with Gasteiger partial charge in [0.15, 0.2) is 6.61 Å². The molecule has 0 radical (unpaired) electrons. The van der Waals surface area contributed by atoms with Gasteiger partial charge in [-0.3, -0.25) is 4.79 Å². The summed E-state index contributed by atoms with van der Waals surface area (Å²) < 4.78 is 10.5. The number of hydrogen-bond acceptors (Lipinski definition) is 4. The Kier molecular flexibility index (Phi) is 5.03. The Bertz CT molecular complexity index is 770. The summed E-state index contributed by atoms with van der Waals surface area (Å²) in [6.07, 6.45) is 0.814. The monoisotopic (exact) mass is 339 g/mol. The minimum absolute atomic E-state index is 0.0640. The second kappa shape index (κ2) is 7.38. The second-order valence-corrected chi connectivity index (χ2v) is 5.98. The number of carbonyl (C=O) groups is 2. The fourth-order valence-electron chi connectivity index (χ4n) is 3.08. The van der Waals surface area contributed by atoms with E-state index in [4.69, 9.17) is 9.47 Å². The molecule has 2 aromatic rings. The highest BCUT2D eigenvalue weighted by Crippen LogP contribution is 2.31. The van der Waals surface area contributed by atoms with Crippen molar-refractivity contribution >= 4 is 17.6 Å². The molecule has 0 bridgehead atoms. The standard InChI is InChI=1S/C20H21NO4/c1-3-24-17-10-8-15(9-11-17)20(23)25-13-19(22)21-14(2)12-16-6-4-5-7-18(16)21/h4-11,14H,3,12-13H2,1-2H3. The van der Waals surface area contributed by atoms with Crippen LogP contribution in [0.25, 0.3) is 0 Å². The molecule has 1 aliphatic heterocycles. The number of fused-ring (bicyclic) bond motifs is 1. The third-order valence-electron chi connectivity index (χ3n) is 4.20. The Morgan fingerprint density at radius 1 is 1.12 bits per heavy atom. The van der Waals surface area contributed by atoms with Crippen molar-refractivity contribution in [2.24, 2.45) is 0 Å². The lowest BCUT2D eigenvalue weighted by atomic mass is 10.1. The minimum atomic E-state index is -0.517. The zero-order chi connectivity index (χ0) is 17.8. The summed E-state index contributed by atoms with van der Waals surface area (Å²) in [5.74, 6) is -0.0362. The third kappa shape index (κ3) is 3.65. The summed E-state index contributed by atoms with van der Waals surface area (Å²) in [7, 11) is 0. The average Bonchev–Trinajstić information content (AvgIpc) is 2.96. The van der Waals surface area contributed by atoms with E-state index in [1.807, 2.05) is 38.1 Å². The number of esters is 1. The molecule has 0 saturated carbocycles. The number of nitrogens with zero attached hydrogens (tertiary/aromatic N) is 1. The van der Waals surface area contributed by atoms with Crippen molar-refractivity contribution in [2.45, 2.75) is 26.3 Å².